The van der Waals surface area contributed by atoms with Crippen molar-refractivity contribution in [3.63, 3.8) is 0 Å². The zero-order chi connectivity index (χ0) is 15.4. The molecule has 0 spiro atoms. The fourth-order valence-corrected chi connectivity index (χ4v) is 1.83. The molecule has 118 valence electrons. The Hall–Kier alpha value is -1.23. The highest BCUT2D eigenvalue weighted by molar-refractivity contribution is 5.72. The van der Waals surface area contributed by atoms with Crippen LogP contribution in [-0.4, -0.2) is 47.2 Å². The summed E-state index contributed by atoms with van der Waals surface area (Å²) < 4.78 is 0. The minimum atomic E-state index is -0.963. The second-order valence-electron chi connectivity index (χ2n) is 5.40. The average Bonchev–Trinajstić information content (AvgIpc) is 2.80. The first kappa shape index (κ1) is 18.8. The van der Waals surface area contributed by atoms with Crippen LogP contribution in [0.15, 0.2) is 12.4 Å². The van der Waals surface area contributed by atoms with Gasteiger partial charge in [0.15, 0.2) is 0 Å². The van der Waals surface area contributed by atoms with Crippen molar-refractivity contribution in [2.24, 2.45) is 5.73 Å². The Kier molecular flexibility index (Phi) is 10.9. The molecule has 1 rings (SSSR count). The Labute approximate surface area is 123 Å². The Morgan fingerprint density at radius 1 is 1.25 bits per heavy atom. The first-order valence-electron chi connectivity index (χ1n) is 7.58. The predicted molar refractivity (Wildman–Crippen MR) is 83.1 cm³/mol. The molecule has 3 N–H and O–H groups in total. The van der Waals surface area contributed by atoms with Crippen molar-refractivity contribution in [3.8, 4) is 0 Å². The summed E-state index contributed by atoms with van der Waals surface area (Å²) in [5, 5.41) is 7.87. The molecule has 0 saturated heterocycles. The zero-order valence-electron chi connectivity index (χ0n) is 13.2. The van der Waals surface area contributed by atoms with Gasteiger partial charge in [0.1, 0.15) is 6.04 Å². The maximum atomic E-state index is 9.57. The molecule has 1 aliphatic rings. The van der Waals surface area contributed by atoms with Gasteiger partial charge in [-0.2, -0.15) is 0 Å². The number of rotatable bonds is 8. The zero-order valence-corrected chi connectivity index (χ0v) is 13.2. The molecule has 5 heteroatoms. The van der Waals surface area contributed by atoms with Crippen molar-refractivity contribution in [3.05, 3.63) is 12.4 Å². The fourth-order valence-electron chi connectivity index (χ4n) is 1.83. The number of carboxylic acids is 1. The maximum Gasteiger partial charge on any atom is 0.320 e. The normalized spacial score (nSPS) is 15.0. The van der Waals surface area contributed by atoms with E-state index in [9.17, 15) is 4.79 Å². The predicted octanol–water partition coefficient (Wildman–Crippen LogP) is 2.44. The first-order chi connectivity index (χ1) is 9.47. The van der Waals surface area contributed by atoms with Crippen LogP contribution in [0.25, 0.3) is 0 Å². The van der Waals surface area contributed by atoms with Crippen LogP contribution < -0.4 is 5.73 Å². The molecule has 0 aromatic carbocycles. The van der Waals surface area contributed by atoms with Gasteiger partial charge in [-0.3, -0.25) is 4.79 Å². The number of hydrogen-bond donors (Lipinski definition) is 2. The van der Waals surface area contributed by atoms with Crippen LogP contribution in [0.1, 0.15) is 52.4 Å². The molecule has 5 nitrogen and oxygen atoms in total. The van der Waals surface area contributed by atoms with Crippen molar-refractivity contribution in [2.45, 2.75) is 58.4 Å². The van der Waals surface area contributed by atoms with E-state index < -0.39 is 12.0 Å². The maximum absolute atomic E-state index is 9.57. The molecular weight excluding hydrogens is 254 g/mol. The Morgan fingerprint density at radius 3 is 2.25 bits per heavy atom. The fraction of sp³-hybridized carbons (Fsp3) is 0.800. The lowest BCUT2D eigenvalue weighted by Gasteiger charge is -2.17. The summed E-state index contributed by atoms with van der Waals surface area (Å²) in [6.07, 6.45) is 12.7. The minimum absolute atomic E-state index is 0.731. The van der Waals surface area contributed by atoms with E-state index in [1.54, 1.807) is 0 Å². The quantitative estimate of drug-likeness (QED) is 0.670. The van der Waals surface area contributed by atoms with Crippen molar-refractivity contribution in [2.75, 3.05) is 20.3 Å². The van der Waals surface area contributed by atoms with Crippen LogP contribution in [0.5, 0.6) is 0 Å². The van der Waals surface area contributed by atoms with Gasteiger partial charge >= 0.3 is 5.97 Å². The molecule has 0 radical (unpaired) electrons. The molecule has 0 aromatic rings. The lowest BCUT2D eigenvalue weighted by atomic mass is 10.1. The lowest BCUT2D eigenvalue weighted by Crippen LogP contribution is -2.25. The summed E-state index contributed by atoms with van der Waals surface area (Å²) in [6, 6.07) is -0.731. The van der Waals surface area contributed by atoms with E-state index in [0.717, 1.165) is 6.67 Å². The Balaban J connectivity index is 0.000000511. The molecule has 1 unspecified atom stereocenters. The van der Waals surface area contributed by atoms with Gasteiger partial charge in [0.05, 0.1) is 6.67 Å². The molecule has 1 atom stereocenters. The molecular formula is C15H31N3O2. The number of hydrogen-bond acceptors (Lipinski definition) is 4. The van der Waals surface area contributed by atoms with Gasteiger partial charge in [0.2, 0.25) is 0 Å². The van der Waals surface area contributed by atoms with Gasteiger partial charge in [-0.1, -0.05) is 39.0 Å². The summed E-state index contributed by atoms with van der Waals surface area (Å²) >= 11 is 0. The summed E-state index contributed by atoms with van der Waals surface area (Å²) in [5.74, 6) is -0.963. The van der Waals surface area contributed by atoms with Crippen LogP contribution >= 0.6 is 0 Å². The van der Waals surface area contributed by atoms with E-state index in [1.165, 1.54) is 52.0 Å². The Bertz CT molecular complexity index is 280. The molecule has 0 fully saturated rings. The lowest BCUT2D eigenvalue weighted by molar-refractivity contribution is -0.138. The average molecular weight is 285 g/mol. The third-order valence-electron chi connectivity index (χ3n) is 3.13. The Morgan fingerprint density at radius 2 is 1.80 bits per heavy atom. The van der Waals surface area contributed by atoms with Gasteiger partial charge in [0.25, 0.3) is 0 Å². The SMILES string of the molecule is CC(N)C(=O)O.CCCCCCCCN1C=CN(C)C1. The van der Waals surface area contributed by atoms with E-state index in [2.05, 4.69) is 36.2 Å². The summed E-state index contributed by atoms with van der Waals surface area (Å²) in [7, 11) is 2.12. The van der Waals surface area contributed by atoms with Gasteiger partial charge in [-0.05, 0) is 13.3 Å². The van der Waals surface area contributed by atoms with Gasteiger partial charge < -0.3 is 20.6 Å². The molecule has 1 heterocycles. The van der Waals surface area contributed by atoms with Gasteiger partial charge in [0, 0.05) is 26.0 Å². The third kappa shape index (κ3) is 10.7. The number of carbonyl (C=O) groups is 1. The highest BCUT2D eigenvalue weighted by Gasteiger charge is 2.06. The molecule has 20 heavy (non-hydrogen) atoms. The number of unbranched alkanes of at least 4 members (excludes halogenated alkanes) is 5. The molecule has 0 saturated carbocycles. The summed E-state index contributed by atoms with van der Waals surface area (Å²) in [6.45, 7) is 6.00. The standard InChI is InChI=1S/C12H24N2.C3H7NO2/c1-3-4-5-6-7-8-9-14-11-10-13(2)12-14;1-2(4)3(5)6/h10-11H,3-9,12H2,1-2H3;2H,4H2,1H3,(H,5,6). The second kappa shape index (κ2) is 11.6. The molecule has 0 aliphatic carbocycles. The third-order valence-corrected chi connectivity index (χ3v) is 3.13. The van der Waals surface area contributed by atoms with Crippen molar-refractivity contribution >= 4 is 5.97 Å². The molecule has 1 aliphatic heterocycles. The van der Waals surface area contributed by atoms with Crippen molar-refractivity contribution < 1.29 is 9.90 Å². The highest BCUT2D eigenvalue weighted by atomic mass is 16.4. The number of aliphatic carboxylic acids is 1. The summed E-state index contributed by atoms with van der Waals surface area (Å²) in [4.78, 5) is 14.2. The molecule has 0 amide bonds. The topological polar surface area (TPSA) is 69.8 Å². The van der Waals surface area contributed by atoms with Gasteiger partial charge in [-0.15, -0.1) is 0 Å². The van der Waals surface area contributed by atoms with E-state index in [4.69, 9.17) is 10.8 Å². The van der Waals surface area contributed by atoms with E-state index in [0.29, 0.717) is 0 Å². The molecule has 0 bridgehead atoms. The van der Waals surface area contributed by atoms with Crippen LogP contribution in [0.4, 0.5) is 0 Å². The van der Waals surface area contributed by atoms with Gasteiger partial charge in [-0.25, -0.2) is 0 Å². The van der Waals surface area contributed by atoms with E-state index >= 15 is 0 Å². The second-order valence-corrected chi connectivity index (χ2v) is 5.40. The molecule has 0 aromatic heterocycles. The van der Waals surface area contributed by atoms with E-state index in [-0.39, 0.29) is 0 Å². The monoisotopic (exact) mass is 285 g/mol. The van der Waals surface area contributed by atoms with E-state index in [1.807, 2.05) is 0 Å². The van der Waals surface area contributed by atoms with Crippen molar-refractivity contribution in [1.29, 1.82) is 0 Å². The minimum Gasteiger partial charge on any atom is -0.480 e. The first-order valence-corrected chi connectivity index (χ1v) is 7.58. The number of nitrogens with two attached hydrogens (primary N) is 1. The van der Waals surface area contributed by atoms with Crippen molar-refractivity contribution in [1.82, 2.24) is 9.80 Å². The number of carboxylic acid groups (broad SMARTS) is 1. The largest absolute Gasteiger partial charge is 0.480 e. The number of nitrogens with zero attached hydrogens (tertiary/aromatic N) is 2. The smallest absolute Gasteiger partial charge is 0.320 e. The van der Waals surface area contributed by atoms with Crippen LogP contribution in [-0.2, 0) is 4.79 Å². The van der Waals surface area contributed by atoms with Crippen LogP contribution in [0, 0.1) is 0 Å². The highest BCUT2D eigenvalue weighted by Crippen LogP contribution is 2.08. The van der Waals surface area contributed by atoms with Crippen LogP contribution in [0.2, 0.25) is 0 Å². The summed E-state index contributed by atoms with van der Waals surface area (Å²) in [5.41, 5.74) is 4.84. The van der Waals surface area contributed by atoms with Crippen LogP contribution in [0.3, 0.4) is 0 Å².